The van der Waals surface area contributed by atoms with Gasteiger partial charge in [0.2, 0.25) is 0 Å². The number of hydrogen-bond acceptors (Lipinski definition) is 4. The predicted octanol–water partition coefficient (Wildman–Crippen LogP) is 3.07. The van der Waals surface area contributed by atoms with Gasteiger partial charge in [0.1, 0.15) is 0 Å². The van der Waals surface area contributed by atoms with E-state index in [-0.39, 0.29) is 17.7 Å². The fourth-order valence-electron chi connectivity index (χ4n) is 3.36. The van der Waals surface area contributed by atoms with E-state index in [2.05, 4.69) is 10.2 Å². The topological polar surface area (TPSA) is 69.7 Å². The highest BCUT2D eigenvalue weighted by molar-refractivity contribution is 6.22. The zero-order chi connectivity index (χ0) is 21.0. The number of carbonyl (C=O) groups excluding carboxylic acids is 3. The van der Waals surface area contributed by atoms with E-state index in [4.69, 9.17) is 0 Å². The van der Waals surface area contributed by atoms with Crippen LogP contribution in [0.2, 0.25) is 0 Å². The van der Waals surface area contributed by atoms with Crippen LogP contribution in [0.4, 0.5) is 0 Å². The van der Waals surface area contributed by atoms with Crippen molar-refractivity contribution in [3.8, 4) is 0 Å². The summed E-state index contributed by atoms with van der Waals surface area (Å²) < 4.78 is 0. The van der Waals surface area contributed by atoms with Crippen LogP contribution in [0.1, 0.15) is 62.0 Å². The average Bonchev–Trinajstić information content (AvgIpc) is 2.95. The highest BCUT2D eigenvalue weighted by Gasteiger charge is 2.35. The summed E-state index contributed by atoms with van der Waals surface area (Å²) in [5.74, 6) is -0.856. The molecule has 0 saturated carbocycles. The first-order valence-electron chi connectivity index (χ1n) is 9.91. The Balaban J connectivity index is 1.65. The van der Waals surface area contributed by atoms with Crippen molar-refractivity contribution in [2.75, 3.05) is 20.6 Å². The van der Waals surface area contributed by atoms with Crippen molar-refractivity contribution < 1.29 is 14.4 Å². The van der Waals surface area contributed by atoms with E-state index >= 15 is 0 Å². The Morgan fingerprint density at radius 2 is 1.62 bits per heavy atom. The summed E-state index contributed by atoms with van der Waals surface area (Å²) in [7, 11) is 4.04. The van der Waals surface area contributed by atoms with Gasteiger partial charge in [-0.1, -0.05) is 37.6 Å². The molecule has 0 aromatic heterocycles. The van der Waals surface area contributed by atoms with Crippen LogP contribution in [0.3, 0.4) is 0 Å². The SMILES string of the molecule is CCCCN1C(=O)c2ccc(C(=O)NCc3ccc(CN(C)C)cc3)cc2C1=O. The summed E-state index contributed by atoms with van der Waals surface area (Å²) in [5.41, 5.74) is 3.27. The van der Waals surface area contributed by atoms with Crippen LogP contribution in [-0.4, -0.2) is 48.2 Å². The molecule has 152 valence electrons. The molecule has 0 atom stereocenters. The van der Waals surface area contributed by atoms with Gasteiger partial charge < -0.3 is 10.2 Å². The third-order valence-corrected chi connectivity index (χ3v) is 4.94. The van der Waals surface area contributed by atoms with Crippen LogP contribution in [0.15, 0.2) is 42.5 Å². The summed E-state index contributed by atoms with van der Waals surface area (Å²) in [6.07, 6.45) is 1.67. The van der Waals surface area contributed by atoms with Crippen LogP contribution >= 0.6 is 0 Å². The molecule has 1 N–H and O–H groups in total. The van der Waals surface area contributed by atoms with Crippen molar-refractivity contribution in [1.82, 2.24) is 15.1 Å². The molecule has 0 aliphatic carbocycles. The Kier molecular flexibility index (Phi) is 6.44. The van der Waals surface area contributed by atoms with Crippen molar-refractivity contribution in [1.29, 1.82) is 0 Å². The molecule has 6 heteroatoms. The molecular weight excluding hydrogens is 366 g/mol. The lowest BCUT2D eigenvalue weighted by Gasteiger charge is -2.12. The van der Waals surface area contributed by atoms with Crippen molar-refractivity contribution >= 4 is 17.7 Å². The number of rotatable bonds is 8. The Labute approximate surface area is 171 Å². The van der Waals surface area contributed by atoms with Crippen molar-refractivity contribution in [3.05, 3.63) is 70.3 Å². The van der Waals surface area contributed by atoms with Crippen LogP contribution < -0.4 is 5.32 Å². The maximum Gasteiger partial charge on any atom is 0.261 e. The summed E-state index contributed by atoms with van der Waals surface area (Å²) >= 11 is 0. The van der Waals surface area contributed by atoms with Gasteiger partial charge in [0.15, 0.2) is 0 Å². The van der Waals surface area contributed by atoms with E-state index in [1.54, 1.807) is 12.1 Å². The standard InChI is InChI=1S/C23H27N3O3/c1-4-5-12-26-22(28)19-11-10-18(13-20(19)23(26)29)21(27)24-14-16-6-8-17(9-7-16)15-25(2)3/h6-11,13H,4-5,12,14-15H2,1-3H3,(H,24,27). The zero-order valence-electron chi connectivity index (χ0n) is 17.2. The molecule has 2 aromatic rings. The van der Waals surface area contributed by atoms with Crippen molar-refractivity contribution in [3.63, 3.8) is 0 Å². The lowest BCUT2D eigenvalue weighted by atomic mass is 10.1. The van der Waals surface area contributed by atoms with E-state index in [1.165, 1.54) is 16.5 Å². The second kappa shape index (κ2) is 9.01. The number of amides is 3. The van der Waals surface area contributed by atoms with E-state index < -0.39 is 0 Å². The Morgan fingerprint density at radius 3 is 2.28 bits per heavy atom. The van der Waals surface area contributed by atoms with Gasteiger partial charge in [-0.2, -0.15) is 0 Å². The average molecular weight is 393 g/mol. The first-order chi connectivity index (χ1) is 13.9. The first kappa shape index (κ1) is 20.7. The summed E-state index contributed by atoms with van der Waals surface area (Å²) in [4.78, 5) is 40.9. The molecule has 29 heavy (non-hydrogen) atoms. The quantitative estimate of drug-likeness (QED) is 0.700. The lowest BCUT2D eigenvalue weighted by molar-refractivity contribution is 0.0652. The van der Waals surface area contributed by atoms with E-state index in [9.17, 15) is 14.4 Å². The molecule has 0 saturated heterocycles. The van der Waals surface area contributed by atoms with Crippen LogP contribution in [0, 0.1) is 0 Å². The maximum atomic E-state index is 12.5. The van der Waals surface area contributed by atoms with Gasteiger partial charge in [-0.3, -0.25) is 19.3 Å². The van der Waals surface area contributed by atoms with Gasteiger partial charge in [-0.15, -0.1) is 0 Å². The third kappa shape index (κ3) is 4.71. The number of nitrogens with one attached hydrogen (secondary N) is 1. The van der Waals surface area contributed by atoms with E-state index in [1.807, 2.05) is 45.3 Å². The van der Waals surface area contributed by atoms with Crippen LogP contribution in [-0.2, 0) is 13.1 Å². The number of carbonyl (C=O) groups is 3. The molecule has 0 spiro atoms. The summed E-state index contributed by atoms with van der Waals surface area (Å²) in [5, 5.41) is 2.88. The summed E-state index contributed by atoms with van der Waals surface area (Å²) in [6, 6.07) is 12.8. The molecule has 3 rings (SSSR count). The van der Waals surface area contributed by atoms with E-state index in [0.717, 1.165) is 24.9 Å². The molecule has 3 amide bonds. The molecule has 6 nitrogen and oxygen atoms in total. The minimum atomic E-state index is -0.315. The molecule has 1 aliphatic rings. The summed E-state index contributed by atoms with van der Waals surface area (Å²) in [6.45, 7) is 3.68. The normalized spacial score (nSPS) is 13.2. The fourth-order valence-corrected chi connectivity index (χ4v) is 3.36. The maximum absolute atomic E-state index is 12.5. The Hall–Kier alpha value is -2.99. The molecule has 0 bridgehead atoms. The van der Waals surface area contributed by atoms with Gasteiger partial charge in [-0.05, 0) is 49.8 Å². The monoisotopic (exact) mass is 393 g/mol. The second-order valence-electron chi connectivity index (χ2n) is 7.61. The fraction of sp³-hybridized carbons (Fsp3) is 0.348. The predicted molar refractivity (Wildman–Crippen MR) is 112 cm³/mol. The van der Waals surface area contributed by atoms with E-state index in [0.29, 0.717) is 29.8 Å². The molecule has 0 radical (unpaired) electrons. The Bertz CT molecular complexity index is 919. The van der Waals surface area contributed by atoms with Crippen LogP contribution in [0.25, 0.3) is 0 Å². The number of imide groups is 1. The van der Waals surface area contributed by atoms with Crippen LogP contribution in [0.5, 0.6) is 0 Å². The molecule has 0 fully saturated rings. The first-order valence-corrected chi connectivity index (χ1v) is 9.91. The molecule has 0 unspecified atom stereocenters. The number of fused-ring (bicyclic) bond motifs is 1. The zero-order valence-corrected chi connectivity index (χ0v) is 17.2. The minimum Gasteiger partial charge on any atom is -0.348 e. The molecule has 1 heterocycles. The smallest absolute Gasteiger partial charge is 0.261 e. The van der Waals surface area contributed by atoms with Gasteiger partial charge in [0.05, 0.1) is 11.1 Å². The number of benzene rings is 2. The molecular formula is C23H27N3O3. The lowest BCUT2D eigenvalue weighted by Crippen LogP contribution is -2.30. The molecule has 2 aromatic carbocycles. The highest BCUT2D eigenvalue weighted by atomic mass is 16.2. The third-order valence-electron chi connectivity index (χ3n) is 4.94. The van der Waals surface area contributed by atoms with Gasteiger partial charge in [0.25, 0.3) is 17.7 Å². The largest absolute Gasteiger partial charge is 0.348 e. The van der Waals surface area contributed by atoms with Gasteiger partial charge in [0, 0.05) is 25.2 Å². The number of unbranched alkanes of at least 4 members (excludes halogenated alkanes) is 1. The Morgan fingerprint density at radius 1 is 0.966 bits per heavy atom. The van der Waals surface area contributed by atoms with Crippen molar-refractivity contribution in [2.24, 2.45) is 0 Å². The highest BCUT2D eigenvalue weighted by Crippen LogP contribution is 2.24. The van der Waals surface area contributed by atoms with Gasteiger partial charge >= 0.3 is 0 Å². The van der Waals surface area contributed by atoms with Crippen molar-refractivity contribution in [2.45, 2.75) is 32.9 Å². The number of nitrogens with zero attached hydrogens (tertiary/aromatic N) is 2. The molecule has 1 aliphatic heterocycles. The number of hydrogen-bond donors (Lipinski definition) is 1. The second-order valence-corrected chi connectivity index (χ2v) is 7.61. The minimum absolute atomic E-state index is 0.266. The van der Waals surface area contributed by atoms with Gasteiger partial charge in [-0.25, -0.2) is 0 Å².